The molecular weight excluding hydrogens is 460 g/mol. The van der Waals surface area contributed by atoms with E-state index in [9.17, 15) is 4.79 Å². The molecule has 0 saturated carbocycles. The van der Waals surface area contributed by atoms with E-state index in [4.69, 9.17) is 19.7 Å². The molecule has 5 rings (SSSR count). The first-order valence-electron chi connectivity index (χ1n) is 11.4. The predicted octanol–water partition coefficient (Wildman–Crippen LogP) is 5.71. The highest BCUT2D eigenvalue weighted by Gasteiger charge is 2.36. The molecule has 178 valence electrons. The van der Waals surface area contributed by atoms with Gasteiger partial charge < -0.3 is 9.47 Å². The van der Waals surface area contributed by atoms with Crippen LogP contribution in [0, 0.1) is 0 Å². The van der Waals surface area contributed by atoms with Crippen molar-refractivity contribution in [1.82, 2.24) is 14.8 Å². The average Bonchev–Trinajstić information content (AvgIpc) is 3.67. The van der Waals surface area contributed by atoms with Gasteiger partial charge in [-0.1, -0.05) is 31.2 Å². The first kappa shape index (κ1) is 22.9. The molecule has 35 heavy (non-hydrogen) atoms. The summed E-state index contributed by atoms with van der Waals surface area (Å²) in [5.74, 6) is 1.35. The van der Waals surface area contributed by atoms with Gasteiger partial charge in [-0.25, -0.2) is 9.69 Å². The summed E-state index contributed by atoms with van der Waals surface area (Å²) in [5, 5.41) is 13.4. The lowest BCUT2D eigenvalue weighted by Crippen LogP contribution is -2.26. The summed E-state index contributed by atoms with van der Waals surface area (Å²) in [4.78, 5) is 14.1. The van der Waals surface area contributed by atoms with Gasteiger partial charge in [0, 0.05) is 30.2 Å². The maximum absolute atomic E-state index is 13.1. The molecule has 0 N–H and O–H groups in total. The van der Waals surface area contributed by atoms with Crippen molar-refractivity contribution in [3.63, 3.8) is 0 Å². The smallest absolute Gasteiger partial charge is 0.242 e. The molecule has 2 aromatic heterocycles. The number of hydrogen-bond acceptors (Lipinski definition) is 6. The van der Waals surface area contributed by atoms with E-state index in [1.54, 1.807) is 30.6 Å². The Bertz CT molecular complexity index is 1360. The number of benzene rings is 2. The van der Waals surface area contributed by atoms with Crippen LogP contribution in [0.25, 0.3) is 16.3 Å². The Balaban J connectivity index is 1.62. The molecule has 1 aliphatic heterocycles. The number of carbonyl (C=O) groups is 1. The zero-order valence-corrected chi connectivity index (χ0v) is 20.7. The Morgan fingerprint density at radius 2 is 1.91 bits per heavy atom. The largest absolute Gasteiger partial charge is 0.497 e. The van der Waals surface area contributed by atoms with E-state index < -0.39 is 0 Å². The average molecular weight is 487 g/mol. The van der Waals surface area contributed by atoms with Crippen LogP contribution in [-0.2, 0) is 4.79 Å². The number of thiophene rings is 1. The summed E-state index contributed by atoms with van der Waals surface area (Å²) in [7, 11) is 3.26. The maximum atomic E-state index is 13.1. The number of carbonyl (C=O) groups excluding carboxylic acids is 1. The molecule has 1 aliphatic rings. The van der Waals surface area contributed by atoms with E-state index in [1.165, 1.54) is 0 Å². The van der Waals surface area contributed by atoms with Gasteiger partial charge in [-0.3, -0.25) is 4.79 Å². The van der Waals surface area contributed by atoms with Gasteiger partial charge >= 0.3 is 0 Å². The summed E-state index contributed by atoms with van der Waals surface area (Å²) in [6.45, 7) is 1.85. The summed E-state index contributed by atoms with van der Waals surface area (Å²) < 4.78 is 12.9. The lowest BCUT2D eigenvalue weighted by atomic mass is 9.97. The zero-order chi connectivity index (χ0) is 24.4. The molecule has 7 nitrogen and oxygen atoms in total. The fourth-order valence-corrected chi connectivity index (χ4v) is 5.03. The number of amides is 1. The van der Waals surface area contributed by atoms with Crippen molar-refractivity contribution in [2.24, 2.45) is 5.10 Å². The Hall–Kier alpha value is -3.91. The van der Waals surface area contributed by atoms with E-state index >= 15 is 0 Å². The third-order valence-corrected chi connectivity index (χ3v) is 6.94. The number of aromatic nitrogens is 2. The van der Waals surface area contributed by atoms with Crippen LogP contribution in [0.3, 0.4) is 0 Å². The van der Waals surface area contributed by atoms with Crippen molar-refractivity contribution in [2.45, 2.75) is 25.8 Å². The van der Waals surface area contributed by atoms with Crippen molar-refractivity contribution < 1.29 is 14.3 Å². The molecule has 2 aromatic carbocycles. The first-order valence-corrected chi connectivity index (χ1v) is 12.3. The number of rotatable bonds is 7. The molecular formula is C27H26N4O3S. The minimum absolute atomic E-state index is 0.0450. The molecule has 0 spiro atoms. The number of hydrazone groups is 1. The predicted molar refractivity (Wildman–Crippen MR) is 137 cm³/mol. The van der Waals surface area contributed by atoms with Gasteiger partial charge in [-0.05, 0) is 41.8 Å². The lowest BCUT2D eigenvalue weighted by molar-refractivity contribution is -0.132. The molecule has 0 fully saturated rings. The third-order valence-electron chi connectivity index (χ3n) is 6.06. The van der Waals surface area contributed by atoms with Gasteiger partial charge in [0.2, 0.25) is 5.91 Å². The second-order valence-corrected chi connectivity index (χ2v) is 9.06. The Kier molecular flexibility index (Phi) is 6.37. The van der Waals surface area contributed by atoms with Crippen LogP contribution >= 0.6 is 11.3 Å². The van der Waals surface area contributed by atoms with Crippen LogP contribution in [-0.4, -0.2) is 40.6 Å². The Morgan fingerprint density at radius 3 is 2.60 bits per heavy atom. The second-order valence-electron chi connectivity index (χ2n) is 8.12. The van der Waals surface area contributed by atoms with Crippen LogP contribution in [0.5, 0.6) is 11.5 Å². The summed E-state index contributed by atoms with van der Waals surface area (Å²) >= 11 is 1.63. The van der Waals surface area contributed by atoms with Crippen molar-refractivity contribution in [3.05, 3.63) is 83.4 Å². The van der Waals surface area contributed by atoms with E-state index in [-0.39, 0.29) is 11.9 Å². The number of nitrogens with zero attached hydrogens (tertiary/aromatic N) is 4. The zero-order valence-electron chi connectivity index (χ0n) is 19.8. The molecule has 1 atom stereocenters. The highest BCUT2D eigenvalue weighted by molar-refractivity contribution is 7.13. The SMILES string of the molecule is CCC(=O)N1N=C(c2cc(OC)ccc2OC)C[C@@H]1c1cn(-c2ccccc2)nc1-c1cccs1. The fraction of sp³-hybridized carbons (Fsp3) is 0.222. The van der Waals surface area contributed by atoms with E-state index in [0.29, 0.717) is 24.3 Å². The highest BCUT2D eigenvalue weighted by atomic mass is 32.1. The third kappa shape index (κ3) is 4.33. The van der Waals surface area contributed by atoms with Crippen molar-refractivity contribution >= 4 is 23.0 Å². The fourth-order valence-electron chi connectivity index (χ4n) is 4.30. The van der Waals surface area contributed by atoms with Crippen LogP contribution in [0.1, 0.15) is 36.9 Å². The van der Waals surface area contributed by atoms with Gasteiger partial charge in [0.15, 0.2) is 0 Å². The molecule has 0 unspecified atom stereocenters. The molecule has 0 bridgehead atoms. The Morgan fingerprint density at radius 1 is 1.09 bits per heavy atom. The monoisotopic (exact) mass is 486 g/mol. The van der Waals surface area contributed by atoms with Crippen LogP contribution in [0.15, 0.2) is 77.3 Å². The minimum atomic E-state index is -0.289. The van der Waals surface area contributed by atoms with Gasteiger partial charge in [-0.15, -0.1) is 11.3 Å². The second kappa shape index (κ2) is 9.76. The number of ether oxygens (including phenoxy) is 2. The number of para-hydroxylation sites is 1. The van der Waals surface area contributed by atoms with E-state index in [0.717, 1.165) is 33.1 Å². The molecule has 8 heteroatoms. The maximum Gasteiger partial charge on any atom is 0.242 e. The van der Waals surface area contributed by atoms with Gasteiger partial charge in [-0.2, -0.15) is 10.2 Å². The summed E-state index contributed by atoms with van der Waals surface area (Å²) in [6.07, 6.45) is 2.91. The molecule has 0 radical (unpaired) electrons. The molecule has 4 aromatic rings. The molecule has 0 saturated heterocycles. The minimum Gasteiger partial charge on any atom is -0.497 e. The normalized spacial score (nSPS) is 15.2. The van der Waals surface area contributed by atoms with Gasteiger partial charge in [0.25, 0.3) is 0 Å². The molecule has 0 aliphatic carbocycles. The summed E-state index contributed by atoms with van der Waals surface area (Å²) in [5.41, 5.74) is 4.36. The van der Waals surface area contributed by atoms with Crippen molar-refractivity contribution in [2.75, 3.05) is 14.2 Å². The Labute approximate surface area is 208 Å². The number of hydrogen-bond donors (Lipinski definition) is 0. The van der Waals surface area contributed by atoms with Crippen molar-refractivity contribution in [1.29, 1.82) is 0 Å². The van der Waals surface area contributed by atoms with Crippen molar-refractivity contribution in [3.8, 4) is 27.8 Å². The van der Waals surface area contributed by atoms with Gasteiger partial charge in [0.05, 0.1) is 36.5 Å². The van der Waals surface area contributed by atoms with E-state index in [1.807, 2.05) is 77.8 Å². The standard InChI is InChI=1S/C27H26N4O3S/c1-4-26(32)31-23(16-22(28-31)20-15-19(33-2)12-13-24(20)34-3)21-17-30(18-9-6-5-7-10-18)29-27(21)25-11-8-14-35-25/h5-15,17,23H,4,16H2,1-3H3/t23-/m1/s1. The lowest BCUT2D eigenvalue weighted by Gasteiger charge is -2.21. The van der Waals surface area contributed by atoms with Crippen LogP contribution in [0.2, 0.25) is 0 Å². The highest BCUT2D eigenvalue weighted by Crippen LogP contribution is 2.41. The molecule has 1 amide bonds. The summed E-state index contributed by atoms with van der Waals surface area (Å²) in [6, 6.07) is 19.4. The number of methoxy groups -OCH3 is 2. The molecule has 3 heterocycles. The van der Waals surface area contributed by atoms with Gasteiger partial charge in [0.1, 0.15) is 17.2 Å². The quantitative estimate of drug-likeness (QED) is 0.336. The first-order chi connectivity index (χ1) is 17.1. The van der Waals surface area contributed by atoms with Crippen LogP contribution in [0.4, 0.5) is 0 Å². The van der Waals surface area contributed by atoms with Crippen LogP contribution < -0.4 is 9.47 Å². The topological polar surface area (TPSA) is 69.0 Å². The van der Waals surface area contributed by atoms with E-state index in [2.05, 4.69) is 6.07 Å².